The SMILES string of the molecule is Nc1ncccc1CN1CCC[C@]2(CCC(=O)N(Cc3ccccc3)C2)C1. The Labute approximate surface area is 161 Å². The number of carbonyl (C=O) groups excluding carboxylic acids is 1. The van der Waals surface area contributed by atoms with Crippen LogP contribution in [0.1, 0.15) is 36.8 Å². The van der Waals surface area contributed by atoms with E-state index in [0.29, 0.717) is 12.2 Å². The highest BCUT2D eigenvalue weighted by atomic mass is 16.2. The van der Waals surface area contributed by atoms with E-state index in [-0.39, 0.29) is 11.3 Å². The Morgan fingerprint density at radius 1 is 1.04 bits per heavy atom. The predicted molar refractivity (Wildman–Crippen MR) is 107 cm³/mol. The Morgan fingerprint density at radius 3 is 2.70 bits per heavy atom. The topological polar surface area (TPSA) is 62.5 Å². The minimum absolute atomic E-state index is 0.206. The predicted octanol–water partition coefficient (Wildman–Crippen LogP) is 3.07. The lowest BCUT2D eigenvalue weighted by Crippen LogP contribution is -2.53. The molecule has 2 fully saturated rings. The number of nitrogens with zero attached hydrogens (tertiary/aromatic N) is 3. The zero-order chi connectivity index (χ0) is 18.7. The van der Waals surface area contributed by atoms with Gasteiger partial charge in [-0.15, -0.1) is 0 Å². The number of benzene rings is 1. The van der Waals surface area contributed by atoms with Crippen molar-refractivity contribution in [3.05, 3.63) is 59.8 Å². The number of likely N-dealkylation sites (tertiary alicyclic amines) is 2. The lowest BCUT2D eigenvalue weighted by Gasteiger charge is -2.48. The number of rotatable bonds is 4. The summed E-state index contributed by atoms with van der Waals surface area (Å²) in [6.07, 6.45) is 5.77. The normalized spacial score (nSPS) is 23.7. The van der Waals surface area contributed by atoms with Crippen LogP contribution in [-0.2, 0) is 17.9 Å². The first-order chi connectivity index (χ1) is 13.1. The number of aromatic nitrogens is 1. The van der Waals surface area contributed by atoms with E-state index < -0.39 is 0 Å². The number of amides is 1. The monoisotopic (exact) mass is 364 g/mol. The third-order valence-electron chi connectivity index (χ3n) is 6.02. The van der Waals surface area contributed by atoms with Gasteiger partial charge in [-0.05, 0) is 37.4 Å². The second-order valence-electron chi connectivity index (χ2n) is 8.10. The van der Waals surface area contributed by atoms with E-state index in [4.69, 9.17) is 5.73 Å². The summed E-state index contributed by atoms with van der Waals surface area (Å²) in [5.74, 6) is 0.916. The highest BCUT2D eigenvalue weighted by molar-refractivity contribution is 5.77. The summed E-state index contributed by atoms with van der Waals surface area (Å²) in [6, 6.07) is 14.3. The fourth-order valence-electron chi connectivity index (χ4n) is 4.65. The Bertz CT molecular complexity index is 794. The molecule has 5 heteroatoms. The van der Waals surface area contributed by atoms with E-state index in [1.165, 1.54) is 18.4 Å². The molecule has 0 bridgehead atoms. The Balaban J connectivity index is 1.45. The molecule has 0 unspecified atom stereocenters. The van der Waals surface area contributed by atoms with E-state index in [1.807, 2.05) is 24.3 Å². The number of pyridine rings is 1. The number of nitrogen functional groups attached to an aromatic ring is 1. The van der Waals surface area contributed by atoms with Crippen molar-refractivity contribution in [2.45, 2.75) is 38.8 Å². The summed E-state index contributed by atoms with van der Waals surface area (Å²) >= 11 is 0. The lowest BCUT2D eigenvalue weighted by molar-refractivity contribution is -0.140. The van der Waals surface area contributed by atoms with Crippen LogP contribution in [0.3, 0.4) is 0 Å². The van der Waals surface area contributed by atoms with Gasteiger partial charge in [0, 0.05) is 49.8 Å². The smallest absolute Gasteiger partial charge is 0.222 e. The molecule has 0 saturated carbocycles. The molecule has 0 radical (unpaired) electrons. The van der Waals surface area contributed by atoms with Crippen LogP contribution in [0.5, 0.6) is 0 Å². The molecule has 2 aromatic rings. The minimum Gasteiger partial charge on any atom is -0.383 e. The molecule has 1 aromatic carbocycles. The van der Waals surface area contributed by atoms with Crippen LogP contribution in [0.4, 0.5) is 5.82 Å². The third kappa shape index (κ3) is 4.14. The summed E-state index contributed by atoms with van der Waals surface area (Å²) < 4.78 is 0. The van der Waals surface area contributed by atoms with Gasteiger partial charge in [-0.25, -0.2) is 4.98 Å². The molecule has 1 spiro atoms. The number of hydrogen-bond donors (Lipinski definition) is 1. The summed E-state index contributed by atoms with van der Waals surface area (Å²) in [6.45, 7) is 4.54. The fourth-order valence-corrected chi connectivity index (χ4v) is 4.65. The second kappa shape index (κ2) is 7.69. The number of anilines is 1. The van der Waals surface area contributed by atoms with Crippen molar-refractivity contribution in [1.29, 1.82) is 0 Å². The molecule has 3 heterocycles. The molecule has 2 aliphatic heterocycles. The molecular weight excluding hydrogens is 336 g/mol. The molecule has 2 aliphatic rings. The fraction of sp³-hybridized carbons (Fsp3) is 0.455. The average molecular weight is 364 g/mol. The maximum absolute atomic E-state index is 12.5. The van der Waals surface area contributed by atoms with Crippen molar-refractivity contribution in [3.63, 3.8) is 0 Å². The van der Waals surface area contributed by atoms with E-state index in [2.05, 4.69) is 33.0 Å². The Morgan fingerprint density at radius 2 is 1.89 bits per heavy atom. The van der Waals surface area contributed by atoms with Crippen molar-refractivity contribution in [1.82, 2.24) is 14.8 Å². The van der Waals surface area contributed by atoms with Gasteiger partial charge in [0.15, 0.2) is 0 Å². The molecule has 2 N–H and O–H groups in total. The van der Waals surface area contributed by atoms with Crippen molar-refractivity contribution in [2.24, 2.45) is 5.41 Å². The van der Waals surface area contributed by atoms with Crippen molar-refractivity contribution >= 4 is 11.7 Å². The standard InChI is InChI=1S/C22H28N4O/c23-21-19(8-4-12-24-21)15-25-13-5-10-22(16-25)11-9-20(27)26(17-22)14-18-6-2-1-3-7-18/h1-4,6-8,12H,5,9-11,13-17H2,(H2,23,24)/t22-/m0/s1. The average Bonchev–Trinajstić information content (AvgIpc) is 2.68. The molecular formula is C22H28N4O. The van der Waals surface area contributed by atoms with Crippen molar-refractivity contribution in [2.75, 3.05) is 25.4 Å². The highest BCUT2D eigenvalue weighted by Gasteiger charge is 2.41. The molecule has 1 amide bonds. The molecule has 142 valence electrons. The third-order valence-corrected chi connectivity index (χ3v) is 6.02. The van der Waals surface area contributed by atoms with Gasteiger partial charge in [-0.3, -0.25) is 9.69 Å². The molecule has 1 aromatic heterocycles. The van der Waals surface area contributed by atoms with E-state index in [0.717, 1.165) is 44.7 Å². The highest BCUT2D eigenvalue weighted by Crippen LogP contribution is 2.39. The number of hydrogen-bond acceptors (Lipinski definition) is 4. The first kappa shape index (κ1) is 18.0. The number of carbonyl (C=O) groups is 1. The largest absolute Gasteiger partial charge is 0.383 e. The second-order valence-corrected chi connectivity index (χ2v) is 8.10. The van der Waals surface area contributed by atoms with E-state index >= 15 is 0 Å². The zero-order valence-electron chi connectivity index (χ0n) is 15.8. The zero-order valence-corrected chi connectivity index (χ0v) is 15.8. The summed E-state index contributed by atoms with van der Waals surface area (Å²) in [5, 5.41) is 0. The summed E-state index contributed by atoms with van der Waals surface area (Å²) in [5.41, 5.74) is 8.56. The van der Waals surface area contributed by atoms with Crippen LogP contribution >= 0.6 is 0 Å². The van der Waals surface area contributed by atoms with Gasteiger partial charge in [0.2, 0.25) is 5.91 Å². The van der Waals surface area contributed by atoms with Gasteiger partial charge in [0.1, 0.15) is 5.82 Å². The van der Waals surface area contributed by atoms with Crippen LogP contribution in [0.15, 0.2) is 48.7 Å². The van der Waals surface area contributed by atoms with Crippen molar-refractivity contribution < 1.29 is 4.79 Å². The van der Waals surface area contributed by atoms with Crippen molar-refractivity contribution in [3.8, 4) is 0 Å². The van der Waals surface area contributed by atoms with Crippen LogP contribution in [0.25, 0.3) is 0 Å². The van der Waals surface area contributed by atoms with Crippen LogP contribution < -0.4 is 5.73 Å². The summed E-state index contributed by atoms with van der Waals surface area (Å²) in [4.78, 5) is 21.3. The first-order valence-corrected chi connectivity index (χ1v) is 9.87. The van der Waals surface area contributed by atoms with E-state index in [1.54, 1.807) is 6.20 Å². The maximum atomic E-state index is 12.5. The molecule has 2 saturated heterocycles. The Kier molecular flexibility index (Phi) is 5.12. The van der Waals surface area contributed by atoms with Gasteiger partial charge < -0.3 is 10.6 Å². The number of piperidine rings is 2. The van der Waals surface area contributed by atoms with Crippen LogP contribution in [0, 0.1) is 5.41 Å². The Hall–Kier alpha value is -2.40. The summed E-state index contributed by atoms with van der Waals surface area (Å²) in [7, 11) is 0. The number of nitrogens with two attached hydrogens (primary N) is 1. The van der Waals surface area contributed by atoms with Gasteiger partial charge in [-0.2, -0.15) is 0 Å². The first-order valence-electron chi connectivity index (χ1n) is 9.87. The molecule has 27 heavy (non-hydrogen) atoms. The molecule has 0 aliphatic carbocycles. The minimum atomic E-state index is 0.206. The van der Waals surface area contributed by atoms with Crippen LogP contribution in [0.2, 0.25) is 0 Å². The molecule has 5 nitrogen and oxygen atoms in total. The molecule has 1 atom stereocenters. The van der Waals surface area contributed by atoms with E-state index in [9.17, 15) is 4.79 Å². The van der Waals surface area contributed by atoms with Crippen LogP contribution in [-0.4, -0.2) is 40.3 Å². The van der Waals surface area contributed by atoms with Gasteiger partial charge in [0.05, 0.1) is 0 Å². The maximum Gasteiger partial charge on any atom is 0.222 e. The van der Waals surface area contributed by atoms with Gasteiger partial charge >= 0.3 is 0 Å². The van der Waals surface area contributed by atoms with Gasteiger partial charge in [0.25, 0.3) is 0 Å². The lowest BCUT2D eigenvalue weighted by atomic mass is 9.73. The quantitative estimate of drug-likeness (QED) is 0.906. The molecule has 4 rings (SSSR count). The van der Waals surface area contributed by atoms with Gasteiger partial charge in [-0.1, -0.05) is 36.4 Å².